The summed E-state index contributed by atoms with van der Waals surface area (Å²) in [6.45, 7) is 1.80. The van der Waals surface area contributed by atoms with E-state index in [1.807, 2.05) is 30.3 Å². The van der Waals surface area contributed by atoms with Crippen molar-refractivity contribution in [3.8, 4) is 11.5 Å². The van der Waals surface area contributed by atoms with Gasteiger partial charge in [0.2, 0.25) is 5.91 Å². The van der Waals surface area contributed by atoms with Crippen LogP contribution in [-0.4, -0.2) is 47.0 Å². The molecule has 0 aromatic heterocycles. The first kappa shape index (κ1) is 24.1. The van der Waals surface area contributed by atoms with Gasteiger partial charge in [-0.2, -0.15) is 0 Å². The number of carbonyl (C=O) groups excluding carboxylic acids is 1. The molecule has 0 saturated carbocycles. The number of benzene rings is 3. The quantitative estimate of drug-likeness (QED) is 0.477. The third kappa shape index (κ3) is 5.64. The second-order valence-electron chi connectivity index (χ2n) is 7.60. The molecule has 0 aliphatic heterocycles. The molecule has 0 spiro atoms. The summed E-state index contributed by atoms with van der Waals surface area (Å²) in [4.78, 5) is 14.6. The molecule has 174 valence electrons. The summed E-state index contributed by atoms with van der Waals surface area (Å²) in [5.41, 5.74) is 2.06. The fourth-order valence-corrected chi connectivity index (χ4v) is 5.01. The predicted molar refractivity (Wildman–Crippen MR) is 128 cm³/mol. The van der Waals surface area contributed by atoms with Crippen molar-refractivity contribution in [3.05, 3.63) is 83.9 Å². The Morgan fingerprint density at radius 1 is 0.909 bits per heavy atom. The van der Waals surface area contributed by atoms with Crippen LogP contribution in [-0.2, 0) is 21.4 Å². The molecule has 0 heterocycles. The number of anilines is 1. The summed E-state index contributed by atoms with van der Waals surface area (Å²) < 4.78 is 39.2. The Morgan fingerprint density at radius 3 is 2.18 bits per heavy atom. The van der Waals surface area contributed by atoms with Crippen molar-refractivity contribution in [3.63, 3.8) is 0 Å². The Bertz CT molecular complexity index is 1200. The monoisotopic (exact) mass is 468 g/mol. The van der Waals surface area contributed by atoms with Gasteiger partial charge >= 0.3 is 0 Å². The zero-order chi connectivity index (χ0) is 24.0. The average molecular weight is 469 g/mol. The van der Waals surface area contributed by atoms with Crippen LogP contribution >= 0.6 is 0 Å². The van der Waals surface area contributed by atoms with Crippen LogP contribution in [0.1, 0.15) is 11.1 Å². The number of likely N-dealkylation sites (N-methyl/N-ethyl adjacent to an activating group) is 1. The van der Waals surface area contributed by atoms with Crippen molar-refractivity contribution in [1.29, 1.82) is 0 Å². The van der Waals surface area contributed by atoms with Gasteiger partial charge in [-0.1, -0.05) is 36.4 Å². The molecule has 8 heteroatoms. The topological polar surface area (TPSA) is 76.2 Å². The molecule has 0 saturated heterocycles. The highest BCUT2D eigenvalue weighted by Gasteiger charge is 2.31. The second kappa shape index (κ2) is 10.4. The van der Waals surface area contributed by atoms with E-state index in [1.54, 1.807) is 56.4 Å². The van der Waals surface area contributed by atoms with E-state index in [4.69, 9.17) is 9.47 Å². The van der Waals surface area contributed by atoms with Gasteiger partial charge in [-0.3, -0.25) is 9.10 Å². The van der Waals surface area contributed by atoms with Gasteiger partial charge in [0.25, 0.3) is 10.0 Å². The van der Waals surface area contributed by atoms with E-state index in [0.717, 1.165) is 15.4 Å². The molecule has 0 atom stereocenters. The molecule has 3 rings (SSSR count). The van der Waals surface area contributed by atoms with Gasteiger partial charge < -0.3 is 14.4 Å². The number of hydrogen-bond donors (Lipinski definition) is 0. The minimum Gasteiger partial charge on any atom is -0.497 e. The molecule has 0 aliphatic carbocycles. The van der Waals surface area contributed by atoms with Crippen LogP contribution < -0.4 is 13.8 Å². The fourth-order valence-electron chi connectivity index (χ4n) is 3.36. The van der Waals surface area contributed by atoms with Gasteiger partial charge in [-0.05, 0) is 54.4 Å². The first-order valence-corrected chi connectivity index (χ1v) is 11.8. The molecule has 7 nitrogen and oxygen atoms in total. The third-order valence-corrected chi connectivity index (χ3v) is 7.01. The minimum absolute atomic E-state index is 0.000620. The Labute approximate surface area is 195 Å². The van der Waals surface area contributed by atoms with Crippen LogP contribution in [0.25, 0.3) is 0 Å². The van der Waals surface area contributed by atoms with E-state index in [0.29, 0.717) is 18.0 Å². The van der Waals surface area contributed by atoms with Gasteiger partial charge in [-0.25, -0.2) is 8.42 Å². The summed E-state index contributed by atoms with van der Waals surface area (Å²) in [6, 6.07) is 21.0. The summed E-state index contributed by atoms with van der Waals surface area (Å²) in [7, 11) is 0.482. The molecule has 0 fully saturated rings. The Balaban J connectivity index is 1.99. The Morgan fingerprint density at radius 2 is 1.58 bits per heavy atom. The normalized spacial score (nSPS) is 11.0. The predicted octanol–water partition coefficient (Wildman–Crippen LogP) is 3.87. The highest BCUT2D eigenvalue weighted by Crippen LogP contribution is 2.31. The van der Waals surface area contributed by atoms with Crippen LogP contribution in [0, 0.1) is 6.92 Å². The van der Waals surface area contributed by atoms with E-state index in [2.05, 4.69) is 0 Å². The van der Waals surface area contributed by atoms with E-state index < -0.39 is 10.0 Å². The summed E-state index contributed by atoms with van der Waals surface area (Å²) in [5.74, 6) is 0.450. The summed E-state index contributed by atoms with van der Waals surface area (Å²) in [5, 5.41) is 0. The lowest BCUT2D eigenvalue weighted by atomic mass is 10.2. The second-order valence-corrected chi connectivity index (χ2v) is 9.43. The number of sulfonamides is 1. The standard InChI is InChI=1S/C25H28N2O5S/c1-19-10-15-23(32-4)24(16-19)33(29,30)27(21-11-13-22(31-3)14-12-21)18-25(28)26(2)17-20-8-6-5-7-9-20/h5-16H,17-18H2,1-4H3. The SMILES string of the molecule is COc1ccc(N(CC(=O)N(C)Cc2ccccc2)S(=O)(=O)c2cc(C)ccc2OC)cc1. The smallest absolute Gasteiger partial charge is 0.268 e. The number of carbonyl (C=O) groups is 1. The molecule has 33 heavy (non-hydrogen) atoms. The molecule has 3 aromatic carbocycles. The Kier molecular flexibility index (Phi) is 7.60. The van der Waals surface area contributed by atoms with Gasteiger partial charge in [0, 0.05) is 13.6 Å². The van der Waals surface area contributed by atoms with E-state index in [9.17, 15) is 13.2 Å². The first-order valence-electron chi connectivity index (χ1n) is 10.4. The number of nitrogens with zero attached hydrogens (tertiary/aromatic N) is 2. The first-order chi connectivity index (χ1) is 15.8. The number of hydrogen-bond acceptors (Lipinski definition) is 5. The lowest BCUT2D eigenvalue weighted by Crippen LogP contribution is -2.41. The largest absolute Gasteiger partial charge is 0.497 e. The van der Waals surface area contributed by atoms with Crippen molar-refractivity contribution >= 4 is 21.6 Å². The maximum atomic E-state index is 13.8. The number of rotatable bonds is 9. The molecule has 0 N–H and O–H groups in total. The number of aryl methyl sites for hydroxylation is 1. The van der Waals surface area contributed by atoms with Crippen LogP contribution in [0.5, 0.6) is 11.5 Å². The zero-order valence-electron chi connectivity index (χ0n) is 19.2. The van der Waals surface area contributed by atoms with E-state index >= 15 is 0 Å². The summed E-state index contributed by atoms with van der Waals surface area (Å²) >= 11 is 0. The Hall–Kier alpha value is -3.52. The number of methoxy groups -OCH3 is 2. The van der Waals surface area contributed by atoms with Gasteiger partial charge in [0.1, 0.15) is 22.9 Å². The highest BCUT2D eigenvalue weighted by molar-refractivity contribution is 7.93. The highest BCUT2D eigenvalue weighted by atomic mass is 32.2. The third-order valence-electron chi connectivity index (χ3n) is 5.21. The molecule has 0 aliphatic rings. The molecule has 3 aromatic rings. The molecule has 0 radical (unpaired) electrons. The molecule has 0 bridgehead atoms. The minimum atomic E-state index is -4.12. The maximum absolute atomic E-state index is 13.8. The van der Waals surface area contributed by atoms with Crippen molar-refractivity contribution in [2.45, 2.75) is 18.4 Å². The zero-order valence-corrected chi connectivity index (χ0v) is 20.0. The van der Waals surface area contributed by atoms with Gasteiger partial charge in [-0.15, -0.1) is 0 Å². The van der Waals surface area contributed by atoms with Crippen molar-refractivity contribution in [1.82, 2.24) is 4.90 Å². The van der Waals surface area contributed by atoms with Gasteiger partial charge in [0.15, 0.2) is 0 Å². The lowest BCUT2D eigenvalue weighted by Gasteiger charge is -2.27. The van der Waals surface area contributed by atoms with Crippen molar-refractivity contribution in [2.24, 2.45) is 0 Å². The molecular weight excluding hydrogens is 440 g/mol. The van der Waals surface area contributed by atoms with E-state index in [1.165, 1.54) is 19.1 Å². The maximum Gasteiger partial charge on any atom is 0.268 e. The van der Waals surface area contributed by atoms with Crippen LogP contribution in [0.15, 0.2) is 77.7 Å². The average Bonchev–Trinajstić information content (AvgIpc) is 2.83. The van der Waals surface area contributed by atoms with Crippen LogP contribution in [0.4, 0.5) is 5.69 Å². The fraction of sp³-hybridized carbons (Fsp3) is 0.240. The summed E-state index contributed by atoms with van der Waals surface area (Å²) in [6.07, 6.45) is 0. The van der Waals surface area contributed by atoms with Crippen molar-refractivity contribution < 1.29 is 22.7 Å². The number of amides is 1. The van der Waals surface area contributed by atoms with Crippen molar-refractivity contribution in [2.75, 3.05) is 32.1 Å². The molecule has 1 amide bonds. The lowest BCUT2D eigenvalue weighted by molar-refractivity contribution is -0.128. The molecule has 0 unspecified atom stereocenters. The van der Waals surface area contributed by atoms with Gasteiger partial charge in [0.05, 0.1) is 19.9 Å². The molecular formula is C25H28N2O5S. The van der Waals surface area contributed by atoms with Crippen LogP contribution in [0.2, 0.25) is 0 Å². The van der Waals surface area contributed by atoms with E-state index in [-0.39, 0.29) is 23.1 Å². The number of ether oxygens (including phenoxy) is 2. The van der Waals surface area contributed by atoms with Crippen LogP contribution in [0.3, 0.4) is 0 Å².